The number of amides is 1. The number of benzene rings is 1. The van der Waals surface area contributed by atoms with Gasteiger partial charge in [-0.25, -0.2) is 4.98 Å². The zero-order valence-corrected chi connectivity index (χ0v) is 13.8. The first-order valence-electron chi connectivity index (χ1n) is 8.25. The fraction of sp³-hybridized carbons (Fsp3) is 0.529. The van der Waals surface area contributed by atoms with Crippen LogP contribution in [0, 0.1) is 0 Å². The van der Waals surface area contributed by atoms with Crippen molar-refractivity contribution in [1.82, 2.24) is 9.97 Å². The number of anilines is 1. The predicted octanol–water partition coefficient (Wildman–Crippen LogP) is 3.03. The molecule has 122 valence electrons. The van der Waals surface area contributed by atoms with Gasteiger partial charge in [-0.2, -0.15) is 11.8 Å². The lowest BCUT2D eigenvalue weighted by molar-refractivity contribution is -0.134. The monoisotopic (exact) mass is 331 g/mol. The molecule has 0 atom stereocenters. The van der Waals surface area contributed by atoms with Crippen molar-refractivity contribution in [3.8, 4) is 0 Å². The molecule has 1 aromatic heterocycles. The number of aromatic amines is 1. The standard InChI is InChI=1S/C17H21N3O2S/c21-16(17(22)6-8-23-9-7-17)18-12-4-5-13-14(10-12)20-15(19-13)11-2-1-3-11/h4-5,10-11,22H,1-3,6-9H2,(H,18,21)(H,19,20). The van der Waals surface area contributed by atoms with Gasteiger partial charge in [-0.15, -0.1) is 0 Å². The molecule has 2 heterocycles. The molecule has 4 rings (SSSR count). The van der Waals surface area contributed by atoms with Gasteiger partial charge in [-0.1, -0.05) is 6.42 Å². The summed E-state index contributed by atoms with van der Waals surface area (Å²) in [7, 11) is 0. The lowest BCUT2D eigenvalue weighted by atomic mass is 9.85. The van der Waals surface area contributed by atoms with Crippen molar-refractivity contribution >= 4 is 34.4 Å². The molecule has 23 heavy (non-hydrogen) atoms. The molecule has 0 bridgehead atoms. The number of hydrogen-bond donors (Lipinski definition) is 3. The lowest BCUT2D eigenvalue weighted by Gasteiger charge is -2.30. The summed E-state index contributed by atoms with van der Waals surface area (Å²) >= 11 is 1.78. The Hall–Kier alpha value is -1.53. The minimum absolute atomic E-state index is 0.295. The van der Waals surface area contributed by atoms with Crippen LogP contribution in [0.1, 0.15) is 43.8 Å². The highest BCUT2D eigenvalue weighted by Gasteiger charge is 2.37. The molecule has 3 N–H and O–H groups in total. The molecule has 2 aliphatic rings. The second-order valence-corrected chi connectivity index (χ2v) is 7.80. The highest BCUT2D eigenvalue weighted by Crippen LogP contribution is 2.35. The van der Waals surface area contributed by atoms with E-state index in [1.54, 1.807) is 11.8 Å². The Morgan fingerprint density at radius 1 is 1.35 bits per heavy atom. The third kappa shape index (κ3) is 2.85. The van der Waals surface area contributed by atoms with Gasteiger partial charge in [-0.05, 0) is 55.4 Å². The van der Waals surface area contributed by atoms with Crippen molar-refractivity contribution in [2.75, 3.05) is 16.8 Å². The number of carbonyl (C=O) groups excluding carboxylic acids is 1. The SMILES string of the molecule is O=C(Nc1ccc2nc(C3CCC3)[nH]c2c1)C1(O)CCSCC1. The molecule has 5 nitrogen and oxygen atoms in total. The van der Waals surface area contributed by atoms with Crippen molar-refractivity contribution in [3.05, 3.63) is 24.0 Å². The number of fused-ring (bicyclic) bond motifs is 1. The molecule has 1 aliphatic carbocycles. The van der Waals surface area contributed by atoms with E-state index in [0.29, 0.717) is 24.4 Å². The van der Waals surface area contributed by atoms with Crippen LogP contribution in [0.3, 0.4) is 0 Å². The molecular weight excluding hydrogens is 310 g/mol. The highest BCUT2D eigenvalue weighted by molar-refractivity contribution is 7.99. The molecule has 1 saturated heterocycles. The number of rotatable bonds is 3. The first kappa shape index (κ1) is 15.0. The van der Waals surface area contributed by atoms with Crippen molar-refractivity contribution in [2.24, 2.45) is 0 Å². The number of imidazole rings is 1. The van der Waals surface area contributed by atoms with Crippen LogP contribution in [0.15, 0.2) is 18.2 Å². The maximum absolute atomic E-state index is 12.4. The molecule has 0 unspecified atom stereocenters. The Bertz CT molecular complexity index is 733. The molecule has 0 spiro atoms. The van der Waals surface area contributed by atoms with E-state index in [2.05, 4.69) is 15.3 Å². The molecule has 1 amide bonds. The summed E-state index contributed by atoms with van der Waals surface area (Å²) in [6, 6.07) is 5.68. The highest BCUT2D eigenvalue weighted by atomic mass is 32.2. The van der Waals surface area contributed by atoms with Crippen LogP contribution in [-0.4, -0.2) is 38.1 Å². The van der Waals surface area contributed by atoms with Crippen LogP contribution in [0.4, 0.5) is 5.69 Å². The molecule has 2 fully saturated rings. The largest absolute Gasteiger partial charge is 0.380 e. The second-order valence-electron chi connectivity index (χ2n) is 6.58. The van der Waals surface area contributed by atoms with Crippen LogP contribution in [0.2, 0.25) is 0 Å². The van der Waals surface area contributed by atoms with Gasteiger partial charge in [0.05, 0.1) is 11.0 Å². The Morgan fingerprint density at radius 2 is 2.13 bits per heavy atom. The zero-order valence-electron chi connectivity index (χ0n) is 13.0. The number of nitrogens with zero attached hydrogens (tertiary/aromatic N) is 1. The molecule has 1 saturated carbocycles. The Labute approximate surface area is 139 Å². The third-order valence-electron chi connectivity index (χ3n) is 4.99. The van der Waals surface area contributed by atoms with E-state index in [4.69, 9.17) is 0 Å². The predicted molar refractivity (Wildman–Crippen MR) is 92.8 cm³/mol. The second kappa shape index (κ2) is 5.83. The Morgan fingerprint density at radius 3 is 2.83 bits per heavy atom. The van der Waals surface area contributed by atoms with Crippen LogP contribution in [0.25, 0.3) is 11.0 Å². The maximum Gasteiger partial charge on any atom is 0.256 e. The smallest absolute Gasteiger partial charge is 0.256 e. The van der Waals surface area contributed by atoms with Crippen molar-refractivity contribution < 1.29 is 9.90 Å². The Balaban J connectivity index is 1.53. The van der Waals surface area contributed by atoms with E-state index in [0.717, 1.165) is 28.4 Å². The fourth-order valence-corrected chi connectivity index (χ4v) is 4.33. The number of aromatic nitrogens is 2. The summed E-state index contributed by atoms with van der Waals surface area (Å²) in [5.41, 5.74) is 1.34. The van der Waals surface area contributed by atoms with Crippen LogP contribution in [0.5, 0.6) is 0 Å². The summed E-state index contributed by atoms with van der Waals surface area (Å²) in [6.07, 6.45) is 4.71. The van der Waals surface area contributed by atoms with Crippen molar-refractivity contribution in [1.29, 1.82) is 0 Å². The first-order valence-corrected chi connectivity index (χ1v) is 9.41. The van der Waals surface area contributed by atoms with E-state index in [1.165, 1.54) is 19.3 Å². The van der Waals surface area contributed by atoms with E-state index in [9.17, 15) is 9.90 Å². The number of thioether (sulfide) groups is 1. The maximum atomic E-state index is 12.4. The van der Waals surface area contributed by atoms with Crippen LogP contribution < -0.4 is 5.32 Å². The summed E-state index contributed by atoms with van der Waals surface area (Å²) in [6.45, 7) is 0. The molecule has 6 heteroatoms. The number of carbonyl (C=O) groups is 1. The van der Waals surface area contributed by atoms with Gasteiger partial charge in [0.25, 0.3) is 5.91 Å². The van der Waals surface area contributed by atoms with E-state index < -0.39 is 5.60 Å². The molecule has 2 aromatic rings. The van der Waals surface area contributed by atoms with Gasteiger partial charge >= 0.3 is 0 Å². The Kier molecular flexibility index (Phi) is 3.81. The van der Waals surface area contributed by atoms with Gasteiger partial charge in [0.1, 0.15) is 11.4 Å². The van der Waals surface area contributed by atoms with Gasteiger partial charge < -0.3 is 15.4 Å². The minimum atomic E-state index is -1.23. The number of hydrogen-bond acceptors (Lipinski definition) is 4. The fourth-order valence-electron chi connectivity index (χ4n) is 3.17. The van der Waals surface area contributed by atoms with E-state index in [-0.39, 0.29) is 5.91 Å². The number of H-pyrrole nitrogens is 1. The molecule has 0 radical (unpaired) electrons. The van der Waals surface area contributed by atoms with Crippen molar-refractivity contribution in [3.63, 3.8) is 0 Å². The van der Waals surface area contributed by atoms with Crippen molar-refractivity contribution in [2.45, 2.75) is 43.6 Å². The van der Waals surface area contributed by atoms with E-state index >= 15 is 0 Å². The average Bonchev–Trinajstić information content (AvgIpc) is 2.88. The quantitative estimate of drug-likeness (QED) is 0.808. The first-order chi connectivity index (χ1) is 11.1. The third-order valence-corrected chi connectivity index (χ3v) is 5.98. The van der Waals surface area contributed by atoms with Gasteiger partial charge in [0.15, 0.2) is 0 Å². The van der Waals surface area contributed by atoms with Crippen LogP contribution >= 0.6 is 11.8 Å². The van der Waals surface area contributed by atoms with Gasteiger partial charge in [-0.3, -0.25) is 4.79 Å². The van der Waals surface area contributed by atoms with Crippen LogP contribution in [-0.2, 0) is 4.79 Å². The summed E-state index contributed by atoms with van der Waals surface area (Å²) in [4.78, 5) is 20.4. The summed E-state index contributed by atoms with van der Waals surface area (Å²) < 4.78 is 0. The van der Waals surface area contributed by atoms with Gasteiger partial charge in [0.2, 0.25) is 0 Å². The topological polar surface area (TPSA) is 78.0 Å². The van der Waals surface area contributed by atoms with E-state index in [1.807, 2.05) is 18.2 Å². The molecular formula is C17H21N3O2S. The molecule has 1 aromatic carbocycles. The zero-order chi connectivity index (χ0) is 15.9. The number of aliphatic hydroxyl groups is 1. The minimum Gasteiger partial charge on any atom is -0.380 e. The number of nitrogens with one attached hydrogen (secondary N) is 2. The van der Waals surface area contributed by atoms with Gasteiger partial charge in [0, 0.05) is 11.6 Å². The summed E-state index contributed by atoms with van der Waals surface area (Å²) in [5.74, 6) is 2.97. The summed E-state index contributed by atoms with van der Waals surface area (Å²) in [5, 5.41) is 13.4. The molecule has 1 aliphatic heterocycles. The average molecular weight is 331 g/mol. The lowest BCUT2D eigenvalue weighted by Crippen LogP contribution is -2.45. The normalized spacial score (nSPS) is 21.1.